The molecule has 178 valence electrons. The van der Waals surface area contributed by atoms with E-state index < -0.39 is 18.6 Å². The zero-order valence-electron chi connectivity index (χ0n) is 18.2. The van der Waals surface area contributed by atoms with E-state index in [9.17, 15) is 18.0 Å². The third-order valence-corrected chi connectivity index (χ3v) is 5.59. The fraction of sp³-hybridized carbons (Fsp3) is 0.261. The second-order valence-electron chi connectivity index (χ2n) is 8.11. The molecular weight excluding hydrogens is 490 g/mol. The first kappa shape index (κ1) is 24.3. The van der Waals surface area contributed by atoms with Gasteiger partial charge in [-0.3, -0.25) is 4.79 Å². The van der Waals surface area contributed by atoms with Gasteiger partial charge >= 0.3 is 6.18 Å². The Morgan fingerprint density at radius 1 is 1.12 bits per heavy atom. The standard InChI is InChI=1S/C23H20Cl2F3N5O/c1-32(2)11-13-6-7-17-16(8-13)19-20(33(17)12-23(26,27)28)21(25)31-18(30-19)10-29-22(34)14-4-3-5-15(24)9-14/h3-9H,10-12H2,1-2H3,(H,29,34). The summed E-state index contributed by atoms with van der Waals surface area (Å²) in [5, 5.41) is 3.52. The van der Waals surface area contributed by atoms with Gasteiger partial charge in [0, 0.05) is 22.5 Å². The van der Waals surface area contributed by atoms with Gasteiger partial charge in [0.05, 0.1) is 12.1 Å². The lowest BCUT2D eigenvalue weighted by Crippen LogP contribution is -2.24. The van der Waals surface area contributed by atoms with E-state index in [4.69, 9.17) is 23.2 Å². The number of nitrogens with one attached hydrogen (secondary N) is 1. The molecular formula is C23H20Cl2F3N5O. The van der Waals surface area contributed by atoms with E-state index in [0.29, 0.717) is 33.6 Å². The normalized spacial score (nSPS) is 12.1. The largest absolute Gasteiger partial charge is 0.406 e. The molecule has 0 saturated carbocycles. The maximum absolute atomic E-state index is 13.4. The van der Waals surface area contributed by atoms with Crippen LogP contribution in [0.3, 0.4) is 0 Å². The highest BCUT2D eigenvalue weighted by Crippen LogP contribution is 2.34. The number of amides is 1. The Hall–Kier alpha value is -2.88. The van der Waals surface area contributed by atoms with Gasteiger partial charge in [-0.1, -0.05) is 35.3 Å². The molecule has 0 radical (unpaired) electrons. The minimum atomic E-state index is -4.46. The second-order valence-corrected chi connectivity index (χ2v) is 8.91. The second kappa shape index (κ2) is 9.40. The van der Waals surface area contributed by atoms with Crippen molar-refractivity contribution in [3.63, 3.8) is 0 Å². The van der Waals surface area contributed by atoms with Crippen LogP contribution in [-0.4, -0.2) is 45.6 Å². The number of hydrogen-bond donors (Lipinski definition) is 1. The van der Waals surface area contributed by atoms with Gasteiger partial charge in [0.1, 0.15) is 23.4 Å². The van der Waals surface area contributed by atoms with Crippen LogP contribution in [0.15, 0.2) is 42.5 Å². The number of halogens is 5. The first-order chi connectivity index (χ1) is 16.0. The lowest BCUT2D eigenvalue weighted by molar-refractivity contribution is -0.139. The summed E-state index contributed by atoms with van der Waals surface area (Å²) in [6, 6.07) is 11.6. The minimum Gasteiger partial charge on any atom is -0.345 e. The summed E-state index contributed by atoms with van der Waals surface area (Å²) >= 11 is 12.3. The molecule has 2 heterocycles. The predicted octanol–water partition coefficient (Wildman–Crippen LogP) is 5.45. The van der Waals surface area contributed by atoms with Gasteiger partial charge in [-0.15, -0.1) is 0 Å². The quantitative estimate of drug-likeness (QED) is 0.351. The first-order valence-corrected chi connectivity index (χ1v) is 11.0. The highest BCUT2D eigenvalue weighted by atomic mass is 35.5. The summed E-state index contributed by atoms with van der Waals surface area (Å²) < 4.78 is 41.2. The molecule has 0 aliphatic carbocycles. The van der Waals surface area contributed by atoms with Gasteiger partial charge in [0.15, 0.2) is 5.15 Å². The van der Waals surface area contributed by atoms with E-state index in [1.165, 1.54) is 6.07 Å². The average Bonchev–Trinajstić information content (AvgIpc) is 3.03. The van der Waals surface area contributed by atoms with E-state index in [2.05, 4.69) is 15.3 Å². The van der Waals surface area contributed by atoms with Crippen molar-refractivity contribution in [1.82, 2.24) is 24.8 Å². The number of fused-ring (bicyclic) bond motifs is 3. The fourth-order valence-corrected chi connectivity index (χ4v) is 4.28. The maximum atomic E-state index is 13.4. The van der Waals surface area contributed by atoms with Crippen molar-refractivity contribution in [2.24, 2.45) is 0 Å². The Labute approximate surface area is 203 Å². The highest BCUT2D eigenvalue weighted by molar-refractivity contribution is 6.35. The Balaban J connectivity index is 1.77. The molecule has 0 spiro atoms. The van der Waals surface area contributed by atoms with Gasteiger partial charge in [0.2, 0.25) is 0 Å². The first-order valence-electron chi connectivity index (χ1n) is 10.2. The number of alkyl halides is 3. The molecule has 1 N–H and O–H groups in total. The van der Waals surface area contributed by atoms with Gasteiger partial charge in [-0.05, 0) is 50.0 Å². The monoisotopic (exact) mass is 509 g/mol. The van der Waals surface area contributed by atoms with E-state index in [1.54, 1.807) is 30.3 Å². The summed E-state index contributed by atoms with van der Waals surface area (Å²) in [6.45, 7) is -0.693. The van der Waals surface area contributed by atoms with E-state index in [-0.39, 0.29) is 23.0 Å². The zero-order valence-corrected chi connectivity index (χ0v) is 19.8. The average molecular weight is 510 g/mol. The molecule has 0 aliphatic heterocycles. The number of carbonyl (C=O) groups is 1. The summed E-state index contributed by atoms with van der Waals surface area (Å²) in [5.41, 5.74) is 2.02. The minimum absolute atomic E-state index is 0.0651. The molecule has 0 unspecified atom stereocenters. The summed E-state index contributed by atoms with van der Waals surface area (Å²) in [4.78, 5) is 23.0. The Morgan fingerprint density at radius 2 is 1.88 bits per heavy atom. The molecule has 6 nitrogen and oxygen atoms in total. The molecule has 4 rings (SSSR count). The Morgan fingerprint density at radius 3 is 2.56 bits per heavy atom. The van der Waals surface area contributed by atoms with Crippen LogP contribution in [0.5, 0.6) is 0 Å². The fourth-order valence-electron chi connectivity index (χ4n) is 3.80. The smallest absolute Gasteiger partial charge is 0.345 e. The van der Waals surface area contributed by atoms with E-state index in [1.807, 2.05) is 25.1 Å². The summed E-state index contributed by atoms with van der Waals surface area (Å²) in [5.74, 6) is -0.216. The molecule has 0 bridgehead atoms. The van der Waals surface area contributed by atoms with Crippen molar-refractivity contribution in [1.29, 1.82) is 0 Å². The van der Waals surface area contributed by atoms with Gasteiger partial charge in [-0.2, -0.15) is 13.2 Å². The van der Waals surface area contributed by atoms with Crippen LogP contribution in [0.25, 0.3) is 21.9 Å². The van der Waals surface area contributed by atoms with Gasteiger partial charge in [0.25, 0.3) is 5.91 Å². The molecule has 0 atom stereocenters. The van der Waals surface area contributed by atoms with Crippen molar-refractivity contribution < 1.29 is 18.0 Å². The maximum Gasteiger partial charge on any atom is 0.406 e. The van der Waals surface area contributed by atoms with Gasteiger partial charge in [-0.25, -0.2) is 9.97 Å². The van der Waals surface area contributed by atoms with Crippen LogP contribution in [-0.2, 0) is 19.6 Å². The molecule has 0 saturated heterocycles. The SMILES string of the molecule is CN(C)Cc1ccc2c(c1)c1nc(CNC(=O)c3cccc(Cl)c3)nc(Cl)c1n2CC(F)(F)F. The summed E-state index contributed by atoms with van der Waals surface area (Å²) in [7, 11) is 3.80. The van der Waals surface area contributed by atoms with Crippen molar-refractivity contribution in [3.05, 3.63) is 69.6 Å². The molecule has 2 aromatic carbocycles. The number of hydrogen-bond acceptors (Lipinski definition) is 4. The lowest BCUT2D eigenvalue weighted by atomic mass is 10.1. The number of nitrogens with zero attached hydrogens (tertiary/aromatic N) is 4. The number of rotatable bonds is 6. The van der Waals surface area contributed by atoms with Crippen LogP contribution < -0.4 is 5.32 Å². The topological polar surface area (TPSA) is 63.1 Å². The molecule has 34 heavy (non-hydrogen) atoms. The molecule has 0 fully saturated rings. The van der Waals surface area contributed by atoms with Crippen molar-refractivity contribution >= 4 is 51.0 Å². The molecule has 0 aliphatic rings. The molecule has 1 amide bonds. The van der Waals surface area contributed by atoms with Crippen LogP contribution in [0, 0.1) is 0 Å². The van der Waals surface area contributed by atoms with Crippen LogP contribution in [0.1, 0.15) is 21.7 Å². The third-order valence-electron chi connectivity index (χ3n) is 5.09. The Kier molecular flexibility index (Phi) is 6.71. The molecule has 4 aromatic rings. The van der Waals surface area contributed by atoms with E-state index in [0.717, 1.165) is 10.1 Å². The lowest BCUT2D eigenvalue weighted by Gasteiger charge is -2.12. The van der Waals surface area contributed by atoms with Crippen LogP contribution in [0.2, 0.25) is 10.2 Å². The van der Waals surface area contributed by atoms with Crippen molar-refractivity contribution in [2.45, 2.75) is 25.8 Å². The number of benzene rings is 2. The third kappa shape index (κ3) is 5.27. The predicted molar refractivity (Wildman–Crippen MR) is 126 cm³/mol. The van der Waals surface area contributed by atoms with E-state index >= 15 is 0 Å². The number of aromatic nitrogens is 3. The summed E-state index contributed by atoms with van der Waals surface area (Å²) in [6.07, 6.45) is -4.46. The van der Waals surface area contributed by atoms with Crippen molar-refractivity contribution in [2.75, 3.05) is 14.1 Å². The molecule has 11 heteroatoms. The van der Waals surface area contributed by atoms with Gasteiger partial charge < -0.3 is 14.8 Å². The van der Waals surface area contributed by atoms with Crippen LogP contribution in [0.4, 0.5) is 13.2 Å². The van der Waals surface area contributed by atoms with Crippen molar-refractivity contribution in [3.8, 4) is 0 Å². The highest BCUT2D eigenvalue weighted by Gasteiger charge is 2.31. The Bertz CT molecular complexity index is 1380. The number of carbonyl (C=O) groups excluding carboxylic acids is 1. The zero-order chi connectivity index (χ0) is 24.6. The molecule has 2 aromatic heterocycles. The van der Waals surface area contributed by atoms with Crippen LogP contribution >= 0.6 is 23.2 Å².